The van der Waals surface area contributed by atoms with Crippen LogP contribution in [-0.2, 0) is 11.2 Å². The lowest BCUT2D eigenvalue weighted by Crippen LogP contribution is -2.18. The molecule has 178 valence electrons. The van der Waals surface area contributed by atoms with E-state index in [2.05, 4.69) is 29.1 Å². The fourth-order valence-corrected chi connectivity index (χ4v) is 3.97. The molecule has 35 heavy (non-hydrogen) atoms. The van der Waals surface area contributed by atoms with Crippen molar-refractivity contribution in [3.63, 3.8) is 0 Å². The number of ether oxygens (including phenoxy) is 1. The summed E-state index contributed by atoms with van der Waals surface area (Å²) in [6, 6.07) is 13.3. The van der Waals surface area contributed by atoms with Crippen LogP contribution in [0.1, 0.15) is 25.3 Å². The summed E-state index contributed by atoms with van der Waals surface area (Å²) in [6.07, 6.45) is 2.21. The van der Waals surface area contributed by atoms with E-state index in [1.165, 1.54) is 0 Å². The summed E-state index contributed by atoms with van der Waals surface area (Å²) >= 11 is 6.35. The van der Waals surface area contributed by atoms with Crippen LogP contribution in [0.3, 0.4) is 0 Å². The van der Waals surface area contributed by atoms with Gasteiger partial charge < -0.3 is 14.5 Å². The minimum Gasteiger partial charge on any atom is -0.441 e. The van der Waals surface area contributed by atoms with Crippen LogP contribution < -0.4 is 5.32 Å². The van der Waals surface area contributed by atoms with Crippen LogP contribution in [0, 0.1) is 12.8 Å². The molecule has 0 aliphatic carbocycles. The number of nitrogens with one attached hydrogen (secondary N) is 1. The highest BCUT2D eigenvalue weighted by molar-refractivity contribution is 6.32. The standard InChI is InChI=1S/C26H25ClN6O2/c1-15(2)13-34-14-24-32-23(30-18-7-9-20-22(12-18)35-16(3)29-20)11-17-6-8-21(31-26(17)33-24)25-19(27)5-4-10-28-25/h4-10,12,15H,11,13-14H2,1-3H3,(H,30,31,32,33). The largest absolute Gasteiger partial charge is 0.441 e. The van der Waals surface area contributed by atoms with Crippen molar-refractivity contribution in [2.75, 3.05) is 18.5 Å². The Hall–Kier alpha value is -3.62. The fourth-order valence-electron chi connectivity index (χ4n) is 3.75. The van der Waals surface area contributed by atoms with Gasteiger partial charge in [0.15, 0.2) is 23.1 Å². The van der Waals surface area contributed by atoms with Gasteiger partial charge in [0.05, 0.1) is 10.7 Å². The van der Waals surface area contributed by atoms with Crippen molar-refractivity contribution in [1.82, 2.24) is 15.0 Å². The minimum absolute atomic E-state index is 0.277. The number of aromatic nitrogens is 3. The maximum absolute atomic E-state index is 6.35. The molecule has 0 atom stereocenters. The summed E-state index contributed by atoms with van der Waals surface area (Å²) < 4.78 is 11.5. The quantitative estimate of drug-likeness (QED) is 0.356. The Morgan fingerprint density at radius 3 is 2.83 bits per heavy atom. The number of pyridine rings is 2. The molecule has 4 aromatic rings. The number of hydrogen-bond donors (Lipinski definition) is 1. The SMILES string of the molecule is Cc1nc2ccc(NC3=NC(COCC(C)C)=Nc4nc(-c5ncccc5Cl)ccc4C3)cc2o1. The number of benzene rings is 1. The number of amidine groups is 2. The molecule has 8 nitrogen and oxygen atoms in total. The Morgan fingerprint density at radius 2 is 2.00 bits per heavy atom. The van der Waals surface area contributed by atoms with Gasteiger partial charge in [-0.2, -0.15) is 0 Å². The average molecular weight is 489 g/mol. The first-order chi connectivity index (χ1) is 16.9. The second-order valence-electron chi connectivity index (χ2n) is 8.73. The van der Waals surface area contributed by atoms with Crippen LogP contribution >= 0.6 is 11.6 Å². The third kappa shape index (κ3) is 5.39. The van der Waals surface area contributed by atoms with Crippen LogP contribution in [-0.4, -0.2) is 39.8 Å². The molecule has 0 saturated carbocycles. The first-order valence-corrected chi connectivity index (χ1v) is 11.8. The molecule has 1 aromatic carbocycles. The highest BCUT2D eigenvalue weighted by atomic mass is 35.5. The smallest absolute Gasteiger partial charge is 0.192 e. The summed E-state index contributed by atoms with van der Waals surface area (Å²) in [5.74, 6) is 2.89. The van der Waals surface area contributed by atoms with Crippen molar-refractivity contribution < 1.29 is 9.15 Å². The molecule has 4 heterocycles. The van der Waals surface area contributed by atoms with Gasteiger partial charge >= 0.3 is 0 Å². The molecule has 5 rings (SSSR count). The Balaban J connectivity index is 1.47. The summed E-state index contributed by atoms with van der Waals surface area (Å²) in [6.45, 7) is 6.93. The third-order valence-corrected chi connectivity index (χ3v) is 5.59. The zero-order valence-corrected chi connectivity index (χ0v) is 20.5. The molecular weight excluding hydrogens is 464 g/mol. The number of anilines is 1. The predicted octanol–water partition coefficient (Wildman–Crippen LogP) is 6.02. The van der Waals surface area contributed by atoms with Gasteiger partial charge in [0, 0.05) is 43.5 Å². The van der Waals surface area contributed by atoms with Crippen molar-refractivity contribution in [2.45, 2.75) is 27.2 Å². The first kappa shape index (κ1) is 23.1. The van der Waals surface area contributed by atoms with Gasteiger partial charge in [-0.3, -0.25) is 4.98 Å². The maximum atomic E-state index is 6.35. The minimum atomic E-state index is 0.277. The van der Waals surface area contributed by atoms with Gasteiger partial charge in [0.2, 0.25) is 0 Å². The molecule has 1 N–H and O–H groups in total. The zero-order valence-electron chi connectivity index (χ0n) is 19.7. The second-order valence-corrected chi connectivity index (χ2v) is 9.13. The molecule has 1 aliphatic heterocycles. The number of nitrogens with zero attached hydrogens (tertiary/aromatic N) is 5. The normalized spacial score (nSPS) is 13.4. The first-order valence-electron chi connectivity index (χ1n) is 11.4. The maximum Gasteiger partial charge on any atom is 0.192 e. The van der Waals surface area contributed by atoms with Gasteiger partial charge in [0.25, 0.3) is 0 Å². The number of halogens is 1. The van der Waals surface area contributed by atoms with Gasteiger partial charge in [-0.15, -0.1) is 0 Å². The Bertz CT molecular complexity index is 1440. The third-order valence-electron chi connectivity index (χ3n) is 5.28. The van der Waals surface area contributed by atoms with Crippen LogP contribution in [0.15, 0.2) is 63.1 Å². The van der Waals surface area contributed by atoms with E-state index in [-0.39, 0.29) is 6.61 Å². The van der Waals surface area contributed by atoms with E-state index in [1.54, 1.807) is 18.3 Å². The molecule has 0 fully saturated rings. The molecule has 3 aromatic heterocycles. The van der Waals surface area contributed by atoms with Crippen molar-refractivity contribution in [3.05, 3.63) is 65.1 Å². The number of rotatable bonds is 6. The monoisotopic (exact) mass is 488 g/mol. The van der Waals surface area contributed by atoms with E-state index in [9.17, 15) is 0 Å². The summed E-state index contributed by atoms with van der Waals surface area (Å²) in [5, 5.41) is 3.95. The lowest BCUT2D eigenvalue weighted by atomic mass is 10.1. The lowest BCUT2D eigenvalue weighted by Gasteiger charge is -2.10. The van der Waals surface area contributed by atoms with Crippen molar-refractivity contribution in [2.24, 2.45) is 15.9 Å². The van der Waals surface area contributed by atoms with E-state index in [0.29, 0.717) is 52.9 Å². The van der Waals surface area contributed by atoms with Crippen LogP contribution in [0.25, 0.3) is 22.5 Å². The van der Waals surface area contributed by atoms with Crippen LogP contribution in [0.2, 0.25) is 5.02 Å². The van der Waals surface area contributed by atoms with E-state index in [4.69, 9.17) is 35.7 Å². The number of aryl methyl sites for hydroxylation is 1. The van der Waals surface area contributed by atoms with Crippen LogP contribution in [0.4, 0.5) is 11.5 Å². The highest BCUT2D eigenvalue weighted by Gasteiger charge is 2.18. The number of aliphatic imine (C=N–C) groups is 2. The van der Waals surface area contributed by atoms with Gasteiger partial charge in [0.1, 0.15) is 23.7 Å². The van der Waals surface area contributed by atoms with E-state index >= 15 is 0 Å². The highest BCUT2D eigenvalue weighted by Crippen LogP contribution is 2.29. The molecule has 0 bridgehead atoms. The van der Waals surface area contributed by atoms with Gasteiger partial charge in [-0.25, -0.2) is 20.0 Å². The average Bonchev–Trinajstić information content (AvgIpc) is 3.10. The van der Waals surface area contributed by atoms with Crippen molar-refractivity contribution in [3.8, 4) is 11.4 Å². The number of oxazole rings is 1. The summed E-state index contributed by atoms with van der Waals surface area (Å²) in [7, 11) is 0. The molecule has 0 radical (unpaired) electrons. The van der Waals surface area contributed by atoms with Crippen molar-refractivity contribution >= 4 is 45.9 Å². The topological polar surface area (TPSA) is 97.8 Å². The molecule has 0 spiro atoms. The summed E-state index contributed by atoms with van der Waals surface area (Å²) in [4.78, 5) is 23.1. The molecule has 9 heteroatoms. The Labute approximate surface area is 208 Å². The van der Waals surface area contributed by atoms with E-state index in [1.807, 2.05) is 37.3 Å². The predicted molar refractivity (Wildman–Crippen MR) is 139 cm³/mol. The Morgan fingerprint density at radius 1 is 1.11 bits per heavy atom. The van der Waals surface area contributed by atoms with Crippen LogP contribution in [0.5, 0.6) is 0 Å². The molecule has 0 unspecified atom stereocenters. The second kappa shape index (κ2) is 9.93. The van der Waals surface area contributed by atoms with Gasteiger partial charge in [-0.1, -0.05) is 31.5 Å². The fraction of sp³-hybridized carbons (Fsp3) is 0.269. The molecule has 0 saturated heterocycles. The molecule has 1 aliphatic rings. The van der Waals surface area contributed by atoms with E-state index < -0.39 is 0 Å². The molecular formula is C26H25ClN6O2. The molecule has 0 amide bonds. The Kier molecular flexibility index (Phi) is 6.57. The summed E-state index contributed by atoms with van der Waals surface area (Å²) in [5.41, 5.74) is 4.59. The van der Waals surface area contributed by atoms with E-state index in [0.717, 1.165) is 28.2 Å². The number of fused-ring (bicyclic) bond motifs is 2. The lowest BCUT2D eigenvalue weighted by molar-refractivity contribution is 0.142. The van der Waals surface area contributed by atoms with Gasteiger partial charge in [-0.05, 0) is 36.2 Å². The van der Waals surface area contributed by atoms with Crippen molar-refractivity contribution in [1.29, 1.82) is 0 Å². The number of hydrogen-bond acceptors (Lipinski definition) is 8. The zero-order chi connectivity index (χ0) is 24.4.